The molecule has 0 atom stereocenters. The number of ether oxygens (including phenoxy) is 1. The Balaban J connectivity index is 1.71. The largest absolute Gasteiger partial charge is 0.484 e. The standard InChI is InChI=1S/C20H24N4O3/c1-13-7-8-16(11-14(13)2)27-12-19(25)23-15(3)9-10-22-18-6-4-5-17(24-18)20(21)26/h4-8,11H,3,9-10,12H2,1-2H3,(H2,21,26)(H,22,24)(H,23,25). The van der Waals surface area contributed by atoms with Crippen molar-refractivity contribution in [3.63, 3.8) is 0 Å². The third-order valence-electron chi connectivity index (χ3n) is 3.90. The van der Waals surface area contributed by atoms with Gasteiger partial charge in [-0.05, 0) is 49.2 Å². The number of carbonyl (C=O) groups excluding carboxylic acids is 2. The number of hydrogen-bond acceptors (Lipinski definition) is 5. The van der Waals surface area contributed by atoms with Gasteiger partial charge in [-0.25, -0.2) is 4.98 Å². The number of benzene rings is 1. The van der Waals surface area contributed by atoms with Crippen LogP contribution in [0.3, 0.4) is 0 Å². The van der Waals surface area contributed by atoms with Crippen molar-refractivity contribution in [2.24, 2.45) is 5.73 Å². The van der Waals surface area contributed by atoms with Gasteiger partial charge in [-0.1, -0.05) is 18.7 Å². The van der Waals surface area contributed by atoms with Gasteiger partial charge in [-0.15, -0.1) is 0 Å². The molecule has 2 amide bonds. The molecular weight excluding hydrogens is 344 g/mol. The van der Waals surface area contributed by atoms with E-state index in [4.69, 9.17) is 10.5 Å². The van der Waals surface area contributed by atoms with Crippen molar-refractivity contribution in [3.05, 3.63) is 65.5 Å². The van der Waals surface area contributed by atoms with E-state index in [2.05, 4.69) is 22.2 Å². The SMILES string of the molecule is C=C(CCNc1cccc(C(N)=O)n1)NC(=O)COc1ccc(C)c(C)c1. The minimum atomic E-state index is -0.584. The van der Waals surface area contributed by atoms with Crippen LogP contribution in [0.2, 0.25) is 0 Å². The second kappa shape index (κ2) is 9.38. The first-order valence-electron chi connectivity index (χ1n) is 8.53. The van der Waals surface area contributed by atoms with Crippen molar-refractivity contribution in [2.45, 2.75) is 20.3 Å². The minimum Gasteiger partial charge on any atom is -0.484 e. The minimum absolute atomic E-state index is 0.0861. The van der Waals surface area contributed by atoms with Crippen LogP contribution in [0.25, 0.3) is 0 Å². The lowest BCUT2D eigenvalue weighted by molar-refractivity contribution is -0.122. The second-order valence-corrected chi connectivity index (χ2v) is 6.14. The fraction of sp³-hybridized carbons (Fsp3) is 0.250. The predicted molar refractivity (Wildman–Crippen MR) is 105 cm³/mol. The van der Waals surface area contributed by atoms with Crippen LogP contribution in [0.1, 0.15) is 28.0 Å². The number of nitrogens with two attached hydrogens (primary N) is 1. The number of nitrogens with one attached hydrogen (secondary N) is 2. The second-order valence-electron chi connectivity index (χ2n) is 6.14. The zero-order chi connectivity index (χ0) is 19.8. The number of nitrogens with zero attached hydrogens (tertiary/aromatic N) is 1. The van der Waals surface area contributed by atoms with Gasteiger partial charge in [0.2, 0.25) is 0 Å². The maximum absolute atomic E-state index is 12.0. The van der Waals surface area contributed by atoms with E-state index in [1.54, 1.807) is 18.2 Å². The fourth-order valence-corrected chi connectivity index (χ4v) is 2.26. The van der Waals surface area contributed by atoms with Gasteiger partial charge in [-0.2, -0.15) is 0 Å². The Kier molecular flexibility index (Phi) is 6.93. The highest BCUT2D eigenvalue weighted by Crippen LogP contribution is 2.16. The Labute approximate surface area is 158 Å². The normalized spacial score (nSPS) is 10.1. The van der Waals surface area contributed by atoms with Crippen LogP contribution in [0.5, 0.6) is 5.75 Å². The lowest BCUT2D eigenvalue weighted by Crippen LogP contribution is -2.28. The number of aryl methyl sites for hydroxylation is 2. The highest BCUT2D eigenvalue weighted by molar-refractivity contribution is 5.91. The topological polar surface area (TPSA) is 106 Å². The molecule has 1 heterocycles. The highest BCUT2D eigenvalue weighted by atomic mass is 16.5. The molecule has 27 heavy (non-hydrogen) atoms. The lowest BCUT2D eigenvalue weighted by Gasteiger charge is -2.11. The maximum Gasteiger partial charge on any atom is 0.267 e. The summed E-state index contributed by atoms with van der Waals surface area (Å²) in [5, 5.41) is 5.75. The summed E-state index contributed by atoms with van der Waals surface area (Å²) in [4.78, 5) is 27.1. The van der Waals surface area contributed by atoms with E-state index in [0.717, 1.165) is 5.56 Å². The molecule has 0 spiro atoms. The number of hydrogen-bond donors (Lipinski definition) is 3. The third-order valence-corrected chi connectivity index (χ3v) is 3.90. The van der Waals surface area contributed by atoms with Crippen molar-refractivity contribution < 1.29 is 14.3 Å². The molecule has 0 aliphatic carbocycles. The third kappa shape index (κ3) is 6.47. The maximum atomic E-state index is 12.0. The van der Waals surface area contributed by atoms with Gasteiger partial charge < -0.3 is 21.1 Å². The summed E-state index contributed by atoms with van der Waals surface area (Å²) in [5.41, 5.74) is 8.22. The number of carbonyl (C=O) groups is 2. The van der Waals surface area contributed by atoms with E-state index < -0.39 is 5.91 Å². The van der Waals surface area contributed by atoms with Crippen LogP contribution in [0.4, 0.5) is 5.82 Å². The summed E-state index contributed by atoms with van der Waals surface area (Å²) in [6.45, 7) is 8.25. The fourth-order valence-electron chi connectivity index (χ4n) is 2.26. The van der Waals surface area contributed by atoms with Crippen molar-refractivity contribution in [1.82, 2.24) is 10.3 Å². The summed E-state index contributed by atoms with van der Waals surface area (Å²) >= 11 is 0. The van der Waals surface area contributed by atoms with Crippen molar-refractivity contribution in [2.75, 3.05) is 18.5 Å². The van der Waals surface area contributed by atoms with Crippen LogP contribution in [0.15, 0.2) is 48.7 Å². The Bertz CT molecular complexity index is 849. The van der Waals surface area contributed by atoms with Crippen LogP contribution in [0, 0.1) is 13.8 Å². The van der Waals surface area contributed by atoms with E-state index in [0.29, 0.717) is 30.2 Å². The molecule has 2 rings (SSSR count). The summed E-state index contributed by atoms with van der Waals surface area (Å²) < 4.78 is 5.49. The average Bonchev–Trinajstić information content (AvgIpc) is 2.63. The summed E-state index contributed by atoms with van der Waals surface area (Å²) in [6, 6.07) is 10.6. The van der Waals surface area contributed by atoms with E-state index in [1.165, 1.54) is 5.56 Å². The zero-order valence-electron chi connectivity index (χ0n) is 15.5. The average molecular weight is 368 g/mol. The molecule has 0 aliphatic rings. The van der Waals surface area contributed by atoms with Crippen LogP contribution in [-0.4, -0.2) is 29.9 Å². The Morgan fingerprint density at radius 2 is 1.96 bits per heavy atom. The molecule has 1 aromatic carbocycles. The van der Waals surface area contributed by atoms with Gasteiger partial charge in [0.1, 0.15) is 17.3 Å². The Hall–Kier alpha value is -3.35. The van der Waals surface area contributed by atoms with Gasteiger partial charge in [0, 0.05) is 18.7 Å². The first-order chi connectivity index (χ1) is 12.8. The molecule has 1 aromatic heterocycles. The molecule has 0 saturated heterocycles. The number of amides is 2. The van der Waals surface area contributed by atoms with E-state index in [9.17, 15) is 9.59 Å². The number of anilines is 1. The molecule has 142 valence electrons. The highest BCUT2D eigenvalue weighted by Gasteiger charge is 2.06. The number of rotatable bonds is 9. The first-order valence-corrected chi connectivity index (χ1v) is 8.53. The van der Waals surface area contributed by atoms with Gasteiger partial charge in [-0.3, -0.25) is 9.59 Å². The lowest BCUT2D eigenvalue weighted by atomic mass is 10.1. The van der Waals surface area contributed by atoms with Gasteiger partial charge in [0.25, 0.3) is 11.8 Å². The number of aromatic nitrogens is 1. The van der Waals surface area contributed by atoms with E-state index in [1.807, 2.05) is 32.0 Å². The molecular formula is C20H24N4O3. The van der Waals surface area contributed by atoms with Crippen LogP contribution < -0.4 is 21.1 Å². The Morgan fingerprint density at radius 3 is 2.67 bits per heavy atom. The summed E-state index contributed by atoms with van der Waals surface area (Å²) in [5.74, 6) is 0.329. The van der Waals surface area contributed by atoms with Crippen molar-refractivity contribution in [3.8, 4) is 5.75 Å². The van der Waals surface area contributed by atoms with Gasteiger partial charge in [0.05, 0.1) is 0 Å². The first kappa shape index (κ1) is 20.0. The number of primary amides is 1. The van der Waals surface area contributed by atoms with E-state index in [-0.39, 0.29) is 18.2 Å². The predicted octanol–water partition coefficient (Wildman–Crippen LogP) is 2.31. The molecule has 0 bridgehead atoms. The Morgan fingerprint density at radius 1 is 1.19 bits per heavy atom. The monoisotopic (exact) mass is 368 g/mol. The van der Waals surface area contributed by atoms with Gasteiger partial charge >= 0.3 is 0 Å². The molecule has 0 unspecified atom stereocenters. The molecule has 7 nitrogen and oxygen atoms in total. The number of pyridine rings is 1. The molecule has 7 heteroatoms. The molecule has 0 fully saturated rings. The molecule has 0 saturated carbocycles. The van der Waals surface area contributed by atoms with Crippen molar-refractivity contribution in [1.29, 1.82) is 0 Å². The zero-order valence-corrected chi connectivity index (χ0v) is 15.5. The molecule has 2 aromatic rings. The molecule has 4 N–H and O–H groups in total. The summed E-state index contributed by atoms with van der Waals surface area (Å²) in [6.07, 6.45) is 0.498. The van der Waals surface area contributed by atoms with Crippen LogP contribution >= 0.6 is 0 Å². The van der Waals surface area contributed by atoms with Gasteiger partial charge in [0.15, 0.2) is 6.61 Å². The van der Waals surface area contributed by atoms with Crippen LogP contribution in [-0.2, 0) is 4.79 Å². The smallest absolute Gasteiger partial charge is 0.267 e. The molecule has 0 aliphatic heterocycles. The molecule has 0 radical (unpaired) electrons. The van der Waals surface area contributed by atoms with Crippen molar-refractivity contribution >= 4 is 17.6 Å². The van der Waals surface area contributed by atoms with E-state index >= 15 is 0 Å². The quantitative estimate of drug-likeness (QED) is 0.630. The summed E-state index contributed by atoms with van der Waals surface area (Å²) in [7, 11) is 0.